The minimum Gasteiger partial charge on any atom is -0.317 e. The molecule has 0 saturated heterocycles. The van der Waals surface area contributed by atoms with Crippen molar-refractivity contribution in [2.75, 3.05) is 13.1 Å². The van der Waals surface area contributed by atoms with Gasteiger partial charge in [-0.3, -0.25) is 0 Å². The third-order valence-electron chi connectivity index (χ3n) is 5.04. The predicted molar refractivity (Wildman–Crippen MR) is 74.1 cm³/mol. The molecule has 1 nitrogen and oxygen atoms in total. The van der Waals surface area contributed by atoms with Crippen LogP contribution in [-0.2, 0) is 6.42 Å². The summed E-state index contributed by atoms with van der Waals surface area (Å²) in [5.41, 5.74) is 2.39. The molecule has 0 radical (unpaired) electrons. The van der Waals surface area contributed by atoms with Gasteiger partial charge in [0.05, 0.1) is 0 Å². The first-order chi connectivity index (χ1) is 8.02. The van der Waals surface area contributed by atoms with Gasteiger partial charge in [0.15, 0.2) is 0 Å². The van der Waals surface area contributed by atoms with Gasteiger partial charge in [-0.25, -0.2) is 0 Å². The molecule has 0 bridgehead atoms. The molecule has 1 heteroatoms. The van der Waals surface area contributed by atoms with Crippen LogP contribution in [0.15, 0.2) is 30.3 Å². The highest BCUT2D eigenvalue weighted by Crippen LogP contribution is 2.69. The van der Waals surface area contributed by atoms with E-state index in [-0.39, 0.29) is 0 Å². The maximum atomic E-state index is 3.51. The zero-order valence-corrected chi connectivity index (χ0v) is 11.6. The van der Waals surface area contributed by atoms with Gasteiger partial charge in [-0.15, -0.1) is 0 Å². The smallest absolute Gasteiger partial charge is 0.000978 e. The van der Waals surface area contributed by atoms with Crippen LogP contribution in [0.1, 0.15) is 33.3 Å². The zero-order chi connectivity index (χ0) is 12.5. The minimum atomic E-state index is 0.455. The quantitative estimate of drug-likeness (QED) is 0.818. The van der Waals surface area contributed by atoms with Crippen LogP contribution >= 0.6 is 0 Å². The summed E-state index contributed by atoms with van der Waals surface area (Å²) in [6.45, 7) is 11.7. The summed E-state index contributed by atoms with van der Waals surface area (Å²) < 4.78 is 0. The van der Waals surface area contributed by atoms with E-state index >= 15 is 0 Å². The number of hydrogen-bond donors (Lipinski definition) is 1. The summed E-state index contributed by atoms with van der Waals surface area (Å²) in [6.07, 6.45) is 1.21. The van der Waals surface area contributed by atoms with E-state index in [0.717, 1.165) is 19.0 Å². The Morgan fingerprint density at radius 1 is 1.12 bits per heavy atom. The summed E-state index contributed by atoms with van der Waals surface area (Å²) in [7, 11) is 0. The van der Waals surface area contributed by atoms with Crippen molar-refractivity contribution in [3.05, 3.63) is 35.9 Å². The highest BCUT2D eigenvalue weighted by atomic mass is 14.9. The highest BCUT2D eigenvalue weighted by Gasteiger charge is 2.66. The van der Waals surface area contributed by atoms with E-state index in [2.05, 4.69) is 63.3 Å². The monoisotopic (exact) mass is 231 g/mol. The molecule has 1 aromatic rings. The third-order valence-corrected chi connectivity index (χ3v) is 5.04. The molecule has 17 heavy (non-hydrogen) atoms. The predicted octanol–water partition coefficient (Wildman–Crippen LogP) is 3.50. The Morgan fingerprint density at radius 3 is 2.35 bits per heavy atom. The van der Waals surface area contributed by atoms with Crippen LogP contribution in [0.2, 0.25) is 0 Å². The van der Waals surface area contributed by atoms with Crippen molar-refractivity contribution in [2.45, 2.75) is 34.1 Å². The van der Waals surface area contributed by atoms with E-state index in [4.69, 9.17) is 0 Å². The largest absolute Gasteiger partial charge is 0.317 e. The number of nitrogens with one attached hydrogen (secondary N) is 1. The van der Waals surface area contributed by atoms with Crippen molar-refractivity contribution < 1.29 is 0 Å². The second-order valence-corrected chi connectivity index (χ2v) is 6.16. The van der Waals surface area contributed by atoms with Crippen molar-refractivity contribution in [2.24, 2.45) is 16.7 Å². The molecule has 2 rings (SSSR count). The lowest BCUT2D eigenvalue weighted by atomic mass is 9.90. The second kappa shape index (κ2) is 4.45. The molecular formula is C16H25N. The highest BCUT2D eigenvalue weighted by molar-refractivity contribution is 5.24. The molecule has 2 atom stereocenters. The van der Waals surface area contributed by atoms with Crippen LogP contribution in [0.3, 0.4) is 0 Å². The molecule has 0 aliphatic heterocycles. The number of hydrogen-bond acceptors (Lipinski definition) is 1. The summed E-state index contributed by atoms with van der Waals surface area (Å²) in [6, 6.07) is 10.9. The molecule has 0 aromatic heterocycles. The molecule has 1 N–H and O–H groups in total. The van der Waals surface area contributed by atoms with E-state index in [1.807, 2.05) is 0 Å². The second-order valence-electron chi connectivity index (χ2n) is 6.16. The van der Waals surface area contributed by atoms with Crippen molar-refractivity contribution in [1.82, 2.24) is 5.32 Å². The fourth-order valence-electron chi connectivity index (χ4n) is 3.34. The fourth-order valence-corrected chi connectivity index (χ4v) is 3.34. The standard InChI is InChI=1S/C16H25N/c1-5-17-12-14-15(2,3)16(14,4)11-13-9-7-6-8-10-13/h6-10,14,17H,5,11-12H2,1-4H3. The van der Waals surface area contributed by atoms with Crippen LogP contribution in [0, 0.1) is 16.7 Å². The first-order valence-electron chi connectivity index (χ1n) is 6.77. The maximum absolute atomic E-state index is 3.51. The van der Waals surface area contributed by atoms with E-state index < -0.39 is 0 Å². The van der Waals surface area contributed by atoms with E-state index in [9.17, 15) is 0 Å². The lowest BCUT2D eigenvalue weighted by Crippen LogP contribution is -2.19. The Kier molecular flexibility index (Phi) is 3.31. The Morgan fingerprint density at radius 2 is 1.76 bits per heavy atom. The lowest BCUT2D eigenvalue weighted by Gasteiger charge is -2.14. The Balaban J connectivity index is 2.05. The topological polar surface area (TPSA) is 12.0 Å². The van der Waals surface area contributed by atoms with Crippen LogP contribution in [0.4, 0.5) is 0 Å². The molecule has 94 valence electrons. The van der Waals surface area contributed by atoms with Crippen molar-refractivity contribution in [1.29, 1.82) is 0 Å². The minimum absolute atomic E-state index is 0.455. The molecule has 0 heterocycles. The van der Waals surface area contributed by atoms with Crippen molar-refractivity contribution in [3.8, 4) is 0 Å². The number of benzene rings is 1. The van der Waals surface area contributed by atoms with Crippen molar-refractivity contribution >= 4 is 0 Å². The first kappa shape index (κ1) is 12.6. The van der Waals surface area contributed by atoms with Gasteiger partial charge in [-0.2, -0.15) is 0 Å². The molecular weight excluding hydrogens is 206 g/mol. The van der Waals surface area contributed by atoms with Crippen molar-refractivity contribution in [3.63, 3.8) is 0 Å². The van der Waals surface area contributed by atoms with Crippen LogP contribution in [0.5, 0.6) is 0 Å². The average molecular weight is 231 g/mol. The Labute approximate surface area is 106 Å². The van der Waals surface area contributed by atoms with Gasteiger partial charge in [-0.05, 0) is 41.8 Å². The Hall–Kier alpha value is -0.820. The summed E-state index contributed by atoms with van der Waals surface area (Å²) >= 11 is 0. The van der Waals surface area contributed by atoms with Gasteiger partial charge in [0, 0.05) is 0 Å². The summed E-state index contributed by atoms with van der Waals surface area (Å²) in [4.78, 5) is 0. The average Bonchev–Trinajstić information content (AvgIpc) is 2.70. The Bertz CT molecular complexity index is 368. The van der Waals surface area contributed by atoms with Crippen LogP contribution in [0.25, 0.3) is 0 Å². The molecule has 1 aliphatic carbocycles. The van der Waals surface area contributed by atoms with Gasteiger partial charge >= 0.3 is 0 Å². The lowest BCUT2D eigenvalue weighted by molar-refractivity contribution is 0.414. The molecule has 0 amide bonds. The summed E-state index contributed by atoms with van der Waals surface area (Å²) in [5, 5.41) is 3.51. The van der Waals surface area contributed by atoms with E-state index in [1.54, 1.807) is 0 Å². The molecule has 1 aliphatic rings. The third kappa shape index (κ3) is 2.13. The van der Waals surface area contributed by atoms with Gasteiger partial charge in [0.1, 0.15) is 0 Å². The van der Waals surface area contributed by atoms with Gasteiger partial charge in [-0.1, -0.05) is 58.0 Å². The first-order valence-corrected chi connectivity index (χ1v) is 6.77. The zero-order valence-electron chi connectivity index (χ0n) is 11.6. The molecule has 1 fully saturated rings. The number of rotatable bonds is 5. The molecule has 1 aromatic carbocycles. The van der Waals surface area contributed by atoms with Gasteiger partial charge in [0.2, 0.25) is 0 Å². The molecule has 0 spiro atoms. The fraction of sp³-hybridized carbons (Fsp3) is 0.625. The van der Waals surface area contributed by atoms with E-state index in [1.165, 1.54) is 12.0 Å². The normalized spacial score (nSPS) is 30.2. The van der Waals surface area contributed by atoms with Gasteiger partial charge in [0.25, 0.3) is 0 Å². The summed E-state index contributed by atoms with van der Waals surface area (Å²) in [5.74, 6) is 0.801. The van der Waals surface area contributed by atoms with E-state index in [0.29, 0.717) is 10.8 Å². The van der Waals surface area contributed by atoms with Crippen LogP contribution < -0.4 is 5.32 Å². The molecule has 2 unspecified atom stereocenters. The maximum Gasteiger partial charge on any atom is -0.000978 e. The molecule has 1 saturated carbocycles. The van der Waals surface area contributed by atoms with Crippen LogP contribution in [-0.4, -0.2) is 13.1 Å². The SMILES string of the molecule is CCNCC1C(C)(C)C1(C)Cc1ccccc1. The van der Waals surface area contributed by atoms with Gasteiger partial charge < -0.3 is 5.32 Å².